The van der Waals surface area contributed by atoms with Gasteiger partial charge in [0.05, 0.1) is 17.6 Å². The lowest BCUT2D eigenvalue weighted by Crippen LogP contribution is -2.46. The van der Waals surface area contributed by atoms with E-state index in [0.29, 0.717) is 0 Å². The van der Waals surface area contributed by atoms with Gasteiger partial charge in [-0.3, -0.25) is 4.98 Å². The number of nitrogen functional groups attached to an aromatic ring is 1. The summed E-state index contributed by atoms with van der Waals surface area (Å²) >= 11 is 1.64. The van der Waals surface area contributed by atoms with Crippen molar-refractivity contribution < 1.29 is 0 Å². The standard InChI is InChI=1S/C12H16N6S/c1-9-15-16-12(19-9)18-6-4-17(5-7-18)11-2-3-14-8-10(11)13/h2-3,8H,4-7,13H2,1H3. The Hall–Kier alpha value is -1.89. The minimum Gasteiger partial charge on any atom is -0.396 e. The molecule has 1 aliphatic rings. The van der Waals surface area contributed by atoms with Crippen molar-refractivity contribution in [2.45, 2.75) is 6.92 Å². The molecule has 0 unspecified atom stereocenters. The first kappa shape index (κ1) is 12.2. The molecule has 7 heteroatoms. The van der Waals surface area contributed by atoms with Crippen molar-refractivity contribution in [3.63, 3.8) is 0 Å². The van der Waals surface area contributed by atoms with E-state index in [0.717, 1.165) is 47.7 Å². The molecule has 0 amide bonds. The summed E-state index contributed by atoms with van der Waals surface area (Å²) in [5.74, 6) is 0. The summed E-state index contributed by atoms with van der Waals surface area (Å²) in [6.45, 7) is 5.74. The number of aromatic nitrogens is 3. The lowest BCUT2D eigenvalue weighted by Gasteiger charge is -2.36. The lowest BCUT2D eigenvalue weighted by atomic mass is 10.2. The number of nitrogens with two attached hydrogens (primary N) is 1. The molecule has 0 spiro atoms. The van der Waals surface area contributed by atoms with Crippen LogP contribution >= 0.6 is 11.3 Å². The second-order valence-corrected chi connectivity index (χ2v) is 5.67. The first-order valence-electron chi connectivity index (χ1n) is 6.23. The topological polar surface area (TPSA) is 71.2 Å². The summed E-state index contributed by atoms with van der Waals surface area (Å²) in [6.07, 6.45) is 3.49. The van der Waals surface area contributed by atoms with E-state index in [4.69, 9.17) is 5.73 Å². The number of aryl methyl sites for hydroxylation is 1. The van der Waals surface area contributed by atoms with Gasteiger partial charge in [0.15, 0.2) is 0 Å². The molecule has 100 valence electrons. The van der Waals surface area contributed by atoms with Crippen LogP contribution < -0.4 is 15.5 Å². The van der Waals surface area contributed by atoms with Crippen LogP contribution in [-0.2, 0) is 0 Å². The highest BCUT2D eigenvalue weighted by Gasteiger charge is 2.20. The molecular weight excluding hydrogens is 260 g/mol. The highest BCUT2D eigenvalue weighted by molar-refractivity contribution is 7.15. The monoisotopic (exact) mass is 276 g/mol. The Morgan fingerprint density at radius 2 is 1.89 bits per heavy atom. The summed E-state index contributed by atoms with van der Waals surface area (Å²) in [4.78, 5) is 8.60. The molecule has 0 bridgehead atoms. The van der Waals surface area contributed by atoms with Gasteiger partial charge in [0.1, 0.15) is 5.01 Å². The molecule has 1 aliphatic heterocycles. The third kappa shape index (κ3) is 2.46. The van der Waals surface area contributed by atoms with E-state index in [2.05, 4.69) is 25.0 Å². The van der Waals surface area contributed by atoms with E-state index in [1.165, 1.54) is 0 Å². The average molecular weight is 276 g/mol. The Bertz CT molecular complexity index is 561. The maximum atomic E-state index is 5.96. The predicted molar refractivity (Wildman–Crippen MR) is 77.7 cm³/mol. The minimum atomic E-state index is 0.739. The maximum Gasteiger partial charge on any atom is 0.208 e. The van der Waals surface area contributed by atoms with Gasteiger partial charge < -0.3 is 15.5 Å². The number of anilines is 3. The Labute approximate surface area is 115 Å². The zero-order valence-corrected chi connectivity index (χ0v) is 11.6. The van der Waals surface area contributed by atoms with E-state index in [9.17, 15) is 0 Å². The van der Waals surface area contributed by atoms with E-state index in [1.54, 1.807) is 23.7 Å². The Morgan fingerprint density at radius 3 is 2.53 bits per heavy atom. The lowest BCUT2D eigenvalue weighted by molar-refractivity contribution is 0.650. The summed E-state index contributed by atoms with van der Waals surface area (Å²) in [7, 11) is 0. The normalized spacial score (nSPS) is 15.8. The van der Waals surface area contributed by atoms with E-state index < -0.39 is 0 Å². The summed E-state index contributed by atoms with van der Waals surface area (Å²) < 4.78 is 0. The van der Waals surface area contributed by atoms with Gasteiger partial charge in [0.25, 0.3) is 0 Å². The fourth-order valence-electron chi connectivity index (χ4n) is 2.24. The number of rotatable bonds is 2. The first-order chi connectivity index (χ1) is 9.24. The van der Waals surface area contributed by atoms with Gasteiger partial charge >= 0.3 is 0 Å². The zero-order chi connectivity index (χ0) is 13.2. The van der Waals surface area contributed by atoms with Crippen molar-refractivity contribution in [2.75, 3.05) is 41.7 Å². The van der Waals surface area contributed by atoms with Gasteiger partial charge in [-0.15, -0.1) is 10.2 Å². The smallest absolute Gasteiger partial charge is 0.208 e. The van der Waals surface area contributed by atoms with Crippen LogP contribution in [0.3, 0.4) is 0 Å². The maximum absolute atomic E-state index is 5.96. The molecule has 0 radical (unpaired) electrons. The molecule has 2 aromatic heterocycles. The Kier molecular flexibility index (Phi) is 3.20. The van der Waals surface area contributed by atoms with Crippen molar-refractivity contribution in [3.8, 4) is 0 Å². The van der Waals surface area contributed by atoms with Crippen LogP contribution in [0.4, 0.5) is 16.5 Å². The number of hydrogen-bond donors (Lipinski definition) is 1. The number of piperazine rings is 1. The van der Waals surface area contributed by atoms with Gasteiger partial charge in [-0.2, -0.15) is 0 Å². The fourth-order valence-corrected chi connectivity index (χ4v) is 2.98. The summed E-state index contributed by atoms with van der Waals surface area (Å²) in [5, 5.41) is 10.3. The van der Waals surface area contributed by atoms with E-state index >= 15 is 0 Å². The Morgan fingerprint density at radius 1 is 1.16 bits per heavy atom. The van der Waals surface area contributed by atoms with E-state index in [-0.39, 0.29) is 0 Å². The third-order valence-electron chi connectivity index (χ3n) is 3.23. The van der Waals surface area contributed by atoms with Gasteiger partial charge in [0.2, 0.25) is 5.13 Å². The van der Waals surface area contributed by atoms with Crippen LogP contribution in [0, 0.1) is 6.92 Å². The van der Waals surface area contributed by atoms with Crippen LogP contribution in [-0.4, -0.2) is 41.4 Å². The molecule has 19 heavy (non-hydrogen) atoms. The van der Waals surface area contributed by atoms with Crippen molar-refractivity contribution in [3.05, 3.63) is 23.5 Å². The van der Waals surface area contributed by atoms with Crippen LogP contribution in [0.25, 0.3) is 0 Å². The molecule has 3 rings (SSSR count). The molecule has 2 N–H and O–H groups in total. The van der Waals surface area contributed by atoms with Gasteiger partial charge in [0, 0.05) is 32.4 Å². The molecule has 6 nitrogen and oxygen atoms in total. The molecule has 1 fully saturated rings. The van der Waals surface area contributed by atoms with Crippen LogP contribution in [0.15, 0.2) is 18.5 Å². The van der Waals surface area contributed by atoms with Crippen molar-refractivity contribution in [1.82, 2.24) is 15.2 Å². The quantitative estimate of drug-likeness (QED) is 0.887. The summed E-state index contributed by atoms with van der Waals surface area (Å²) in [6, 6.07) is 1.97. The minimum absolute atomic E-state index is 0.739. The SMILES string of the molecule is Cc1nnc(N2CCN(c3ccncc3N)CC2)s1. The zero-order valence-electron chi connectivity index (χ0n) is 10.8. The molecule has 0 saturated carbocycles. The number of pyridine rings is 1. The highest BCUT2D eigenvalue weighted by Crippen LogP contribution is 2.25. The van der Waals surface area contributed by atoms with Crippen molar-refractivity contribution in [2.24, 2.45) is 0 Å². The molecule has 1 saturated heterocycles. The largest absolute Gasteiger partial charge is 0.396 e. The second kappa shape index (κ2) is 5.00. The molecule has 0 aliphatic carbocycles. The highest BCUT2D eigenvalue weighted by atomic mass is 32.1. The predicted octanol–water partition coefficient (Wildman–Crippen LogP) is 1.15. The molecule has 0 aromatic carbocycles. The van der Waals surface area contributed by atoms with Crippen LogP contribution in [0.1, 0.15) is 5.01 Å². The van der Waals surface area contributed by atoms with Crippen molar-refractivity contribution >= 4 is 27.8 Å². The second-order valence-electron chi connectivity index (χ2n) is 4.51. The van der Waals surface area contributed by atoms with Crippen molar-refractivity contribution in [1.29, 1.82) is 0 Å². The van der Waals surface area contributed by atoms with E-state index in [1.807, 2.05) is 13.0 Å². The fraction of sp³-hybridized carbons (Fsp3) is 0.417. The molecule has 0 atom stereocenters. The number of nitrogens with zero attached hydrogens (tertiary/aromatic N) is 5. The molecule has 3 heterocycles. The first-order valence-corrected chi connectivity index (χ1v) is 7.05. The van der Waals surface area contributed by atoms with Crippen LogP contribution in [0.2, 0.25) is 0 Å². The van der Waals surface area contributed by atoms with Gasteiger partial charge in [-0.25, -0.2) is 0 Å². The van der Waals surface area contributed by atoms with Gasteiger partial charge in [-0.05, 0) is 13.0 Å². The van der Waals surface area contributed by atoms with Gasteiger partial charge in [-0.1, -0.05) is 11.3 Å². The average Bonchev–Trinajstić information content (AvgIpc) is 2.86. The Balaban J connectivity index is 1.68. The van der Waals surface area contributed by atoms with Crippen LogP contribution in [0.5, 0.6) is 0 Å². The molecular formula is C12H16N6S. The number of hydrogen-bond acceptors (Lipinski definition) is 7. The molecule has 2 aromatic rings. The summed E-state index contributed by atoms with van der Waals surface area (Å²) in [5.41, 5.74) is 7.77. The third-order valence-corrected chi connectivity index (χ3v) is 4.13.